The molecule has 0 aromatic heterocycles. The summed E-state index contributed by atoms with van der Waals surface area (Å²) in [6, 6.07) is 7.75. The SMILES string of the molecule is CCC(CC)(c1cccc(O)c1)C(C)CCCN. The minimum Gasteiger partial charge on any atom is -0.508 e. The summed E-state index contributed by atoms with van der Waals surface area (Å²) in [6.45, 7) is 7.56. The van der Waals surface area contributed by atoms with Crippen LogP contribution in [0.25, 0.3) is 0 Å². The van der Waals surface area contributed by atoms with Gasteiger partial charge in [-0.25, -0.2) is 0 Å². The van der Waals surface area contributed by atoms with Crippen molar-refractivity contribution in [1.82, 2.24) is 0 Å². The van der Waals surface area contributed by atoms with Gasteiger partial charge in [-0.2, -0.15) is 0 Å². The first-order valence-corrected chi connectivity index (χ1v) is 7.10. The van der Waals surface area contributed by atoms with Crippen LogP contribution >= 0.6 is 0 Å². The van der Waals surface area contributed by atoms with Crippen LogP contribution in [0.5, 0.6) is 5.75 Å². The van der Waals surface area contributed by atoms with Crippen molar-refractivity contribution in [2.45, 2.75) is 51.9 Å². The maximum Gasteiger partial charge on any atom is 0.115 e. The average Bonchev–Trinajstić information content (AvgIpc) is 2.38. The van der Waals surface area contributed by atoms with Crippen molar-refractivity contribution in [3.05, 3.63) is 29.8 Å². The molecule has 0 spiro atoms. The van der Waals surface area contributed by atoms with Gasteiger partial charge in [-0.1, -0.05) is 32.9 Å². The molecule has 1 rings (SSSR count). The quantitative estimate of drug-likeness (QED) is 0.771. The third-order valence-electron chi connectivity index (χ3n) is 4.47. The van der Waals surface area contributed by atoms with Crippen LogP contribution in [0.15, 0.2) is 24.3 Å². The molecule has 1 aromatic rings. The van der Waals surface area contributed by atoms with Crippen LogP contribution in [0, 0.1) is 5.92 Å². The number of hydrogen-bond acceptors (Lipinski definition) is 2. The lowest BCUT2D eigenvalue weighted by Gasteiger charge is -2.39. The Kier molecular flexibility index (Phi) is 5.67. The first kappa shape index (κ1) is 15.0. The number of phenolic OH excluding ortho intramolecular Hbond substituents is 1. The van der Waals surface area contributed by atoms with Gasteiger partial charge in [-0.15, -0.1) is 0 Å². The second-order valence-electron chi connectivity index (χ2n) is 5.25. The van der Waals surface area contributed by atoms with Crippen LogP contribution in [-0.2, 0) is 5.41 Å². The maximum absolute atomic E-state index is 9.71. The van der Waals surface area contributed by atoms with E-state index in [1.54, 1.807) is 6.07 Å². The smallest absolute Gasteiger partial charge is 0.115 e. The van der Waals surface area contributed by atoms with E-state index in [1.807, 2.05) is 12.1 Å². The van der Waals surface area contributed by atoms with E-state index < -0.39 is 0 Å². The van der Waals surface area contributed by atoms with Crippen molar-refractivity contribution in [1.29, 1.82) is 0 Å². The Labute approximate surface area is 111 Å². The topological polar surface area (TPSA) is 46.2 Å². The van der Waals surface area contributed by atoms with Crippen LogP contribution < -0.4 is 5.73 Å². The molecule has 0 radical (unpaired) electrons. The summed E-state index contributed by atoms with van der Waals surface area (Å²) in [4.78, 5) is 0. The van der Waals surface area contributed by atoms with Gasteiger partial charge in [-0.3, -0.25) is 0 Å². The minimum absolute atomic E-state index is 0.161. The molecular formula is C16H27NO. The molecule has 0 fully saturated rings. The van der Waals surface area contributed by atoms with Crippen molar-refractivity contribution in [2.24, 2.45) is 11.7 Å². The zero-order valence-corrected chi connectivity index (χ0v) is 11.9. The fourth-order valence-electron chi connectivity index (χ4n) is 3.16. The maximum atomic E-state index is 9.71. The Morgan fingerprint density at radius 2 is 1.94 bits per heavy atom. The molecular weight excluding hydrogens is 222 g/mol. The Morgan fingerprint density at radius 1 is 1.28 bits per heavy atom. The fraction of sp³-hybridized carbons (Fsp3) is 0.625. The summed E-state index contributed by atoms with van der Waals surface area (Å²) in [5, 5.41) is 9.71. The second kappa shape index (κ2) is 6.79. The molecule has 2 nitrogen and oxygen atoms in total. The summed E-state index contributed by atoms with van der Waals surface area (Å²) in [5.74, 6) is 0.947. The van der Waals surface area contributed by atoms with Gasteiger partial charge in [0, 0.05) is 0 Å². The zero-order valence-electron chi connectivity index (χ0n) is 11.9. The number of benzene rings is 1. The van der Waals surface area contributed by atoms with Gasteiger partial charge < -0.3 is 10.8 Å². The minimum atomic E-state index is 0.161. The third kappa shape index (κ3) is 3.05. The van der Waals surface area contributed by atoms with Crippen LogP contribution in [0.1, 0.15) is 52.0 Å². The Morgan fingerprint density at radius 3 is 2.44 bits per heavy atom. The van der Waals surface area contributed by atoms with Crippen molar-refractivity contribution in [3.8, 4) is 5.75 Å². The molecule has 18 heavy (non-hydrogen) atoms. The van der Waals surface area contributed by atoms with Gasteiger partial charge in [0.2, 0.25) is 0 Å². The molecule has 0 saturated carbocycles. The largest absolute Gasteiger partial charge is 0.508 e. The molecule has 102 valence electrons. The molecule has 0 saturated heterocycles. The molecule has 0 bridgehead atoms. The van der Waals surface area contributed by atoms with Crippen molar-refractivity contribution < 1.29 is 5.11 Å². The number of phenols is 1. The molecule has 0 aliphatic carbocycles. The van der Waals surface area contributed by atoms with Gasteiger partial charge >= 0.3 is 0 Å². The monoisotopic (exact) mass is 249 g/mol. The van der Waals surface area contributed by atoms with Crippen molar-refractivity contribution in [3.63, 3.8) is 0 Å². The predicted octanol–water partition coefficient (Wildman–Crippen LogP) is 3.83. The highest BCUT2D eigenvalue weighted by Gasteiger charge is 2.34. The molecule has 1 unspecified atom stereocenters. The predicted molar refractivity (Wildman–Crippen MR) is 77.8 cm³/mol. The van der Waals surface area contributed by atoms with Gasteiger partial charge in [0.1, 0.15) is 5.75 Å². The molecule has 1 aromatic carbocycles. The van der Waals surface area contributed by atoms with Crippen LogP contribution in [0.4, 0.5) is 0 Å². The zero-order chi connectivity index (χ0) is 13.6. The van der Waals surface area contributed by atoms with Crippen LogP contribution in [0.2, 0.25) is 0 Å². The molecule has 3 N–H and O–H groups in total. The lowest BCUT2D eigenvalue weighted by atomic mass is 9.66. The van der Waals surface area contributed by atoms with Gasteiger partial charge in [-0.05, 0) is 61.3 Å². The number of rotatable bonds is 7. The average molecular weight is 249 g/mol. The third-order valence-corrected chi connectivity index (χ3v) is 4.47. The Bertz CT molecular complexity index is 358. The molecule has 0 aliphatic rings. The standard InChI is InChI=1S/C16H27NO/c1-4-16(5-2,13(3)8-7-11-17)14-9-6-10-15(18)12-14/h6,9-10,12-13,18H,4-5,7-8,11,17H2,1-3H3. The number of aromatic hydroxyl groups is 1. The summed E-state index contributed by atoms with van der Waals surface area (Å²) < 4.78 is 0. The van der Waals surface area contributed by atoms with Crippen LogP contribution in [0.3, 0.4) is 0 Å². The summed E-state index contributed by atoms with van der Waals surface area (Å²) in [7, 11) is 0. The van der Waals surface area contributed by atoms with E-state index in [9.17, 15) is 5.11 Å². The van der Waals surface area contributed by atoms with Gasteiger partial charge in [0.25, 0.3) is 0 Å². The summed E-state index contributed by atoms with van der Waals surface area (Å²) >= 11 is 0. The lowest BCUT2D eigenvalue weighted by molar-refractivity contribution is 0.247. The van der Waals surface area contributed by atoms with E-state index in [-0.39, 0.29) is 5.41 Å². The van der Waals surface area contributed by atoms with E-state index in [2.05, 4.69) is 26.8 Å². The highest BCUT2D eigenvalue weighted by molar-refractivity contribution is 5.33. The Balaban J connectivity index is 3.05. The van der Waals surface area contributed by atoms with E-state index >= 15 is 0 Å². The molecule has 0 amide bonds. The number of hydrogen-bond donors (Lipinski definition) is 2. The lowest BCUT2D eigenvalue weighted by Crippen LogP contribution is -2.33. The number of nitrogens with two attached hydrogens (primary N) is 1. The molecule has 0 aliphatic heterocycles. The van der Waals surface area contributed by atoms with E-state index in [4.69, 9.17) is 5.73 Å². The first-order valence-electron chi connectivity index (χ1n) is 7.10. The van der Waals surface area contributed by atoms with Crippen LogP contribution in [-0.4, -0.2) is 11.7 Å². The summed E-state index contributed by atoms with van der Waals surface area (Å²) in [5.41, 5.74) is 7.05. The van der Waals surface area contributed by atoms with Crippen molar-refractivity contribution >= 4 is 0 Å². The van der Waals surface area contributed by atoms with Crippen molar-refractivity contribution in [2.75, 3.05) is 6.54 Å². The first-order chi connectivity index (χ1) is 8.60. The molecule has 1 atom stereocenters. The van der Waals surface area contributed by atoms with E-state index in [1.165, 1.54) is 5.56 Å². The highest BCUT2D eigenvalue weighted by Crippen LogP contribution is 2.41. The van der Waals surface area contributed by atoms with Gasteiger partial charge in [0.05, 0.1) is 0 Å². The van der Waals surface area contributed by atoms with Gasteiger partial charge in [0.15, 0.2) is 0 Å². The second-order valence-corrected chi connectivity index (χ2v) is 5.25. The fourth-order valence-corrected chi connectivity index (χ4v) is 3.16. The summed E-state index contributed by atoms with van der Waals surface area (Å²) in [6.07, 6.45) is 4.41. The highest BCUT2D eigenvalue weighted by atomic mass is 16.3. The molecule has 2 heteroatoms. The molecule has 0 heterocycles. The normalized spacial score (nSPS) is 13.6. The van der Waals surface area contributed by atoms with E-state index in [0.717, 1.165) is 32.2 Å². The van der Waals surface area contributed by atoms with E-state index in [0.29, 0.717) is 11.7 Å². The Hall–Kier alpha value is -1.02.